The van der Waals surface area contributed by atoms with Gasteiger partial charge in [0.2, 0.25) is 5.91 Å². The predicted octanol–water partition coefficient (Wildman–Crippen LogP) is 4.36. The molecule has 0 spiro atoms. The molecule has 8 heteroatoms. The topological polar surface area (TPSA) is 71.7 Å². The van der Waals surface area contributed by atoms with Crippen LogP contribution < -0.4 is 5.32 Å². The van der Waals surface area contributed by atoms with Crippen molar-refractivity contribution in [2.75, 3.05) is 0 Å². The number of hydrogen-bond acceptors (Lipinski definition) is 4. The Bertz CT molecular complexity index is 882. The summed E-state index contributed by atoms with van der Waals surface area (Å²) in [6.07, 6.45) is 1.57. The fourth-order valence-corrected chi connectivity index (χ4v) is 3.39. The standard InChI is InChI=1S/C16H10Cl2N2O3S/c1-8(21)19-16-20-15(22)14(24-16)7-12-2-3-13(23-12)9-4-10(17)6-11(18)5-9/h2-7H,1H3,(H,19,20,21,22)/b14-7+. The van der Waals surface area contributed by atoms with Crippen molar-refractivity contribution in [3.05, 3.63) is 51.0 Å². The molecule has 1 N–H and O–H groups in total. The Kier molecular flexibility index (Phi) is 4.80. The van der Waals surface area contributed by atoms with Crippen molar-refractivity contribution in [3.63, 3.8) is 0 Å². The van der Waals surface area contributed by atoms with E-state index in [-0.39, 0.29) is 11.1 Å². The molecule has 1 aliphatic rings. The smallest absolute Gasteiger partial charge is 0.286 e. The molecule has 0 bridgehead atoms. The lowest BCUT2D eigenvalue weighted by molar-refractivity contribution is -0.117. The highest BCUT2D eigenvalue weighted by atomic mass is 35.5. The maximum atomic E-state index is 11.8. The Balaban J connectivity index is 1.82. The molecule has 1 aromatic carbocycles. The average molecular weight is 381 g/mol. The van der Waals surface area contributed by atoms with Crippen molar-refractivity contribution in [2.24, 2.45) is 4.99 Å². The van der Waals surface area contributed by atoms with Crippen molar-refractivity contribution < 1.29 is 14.0 Å². The number of amides is 2. The lowest BCUT2D eigenvalue weighted by Crippen LogP contribution is -2.23. The minimum atomic E-state index is -0.424. The first kappa shape index (κ1) is 16.8. The number of nitrogens with zero attached hydrogens (tertiary/aromatic N) is 1. The second kappa shape index (κ2) is 6.84. The summed E-state index contributed by atoms with van der Waals surface area (Å²) in [5, 5.41) is 3.75. The zero-order chi connectivity index (χ0) is 17.3. The number of benzene rings is 1. The third-order valence-electron chi connectivity index (χ3n) is 2.95. The van der Waals surface area contributed by atoms with Gasteiger partial charge in [0.05, 0.1) is 4.91 Å². The van der Waals surface area contributed by atoms with Crippen LogP contribution in [0.2, 0.25) is 10.0 Å². The molecule has 0 radical (unpaired) electrons. The molecule has 5 nitrogen and oxygen atoms in total. The fraction of sp³-hybridized carbons (Fsp3) is 0.0625. The van der Waals surface area contributed by atoms with Gasteiger partial charge in [-0.1, -0.05) is 23.2 Å². The number of nitrogens with one attached hydrogen (secondary N) is 1. The minimum Gasteiger partial charge on any atom is -0.457 e. The van der Waals surface area contributed by atoms with Crippen LogP contribution in [0, 0.1) is 0 Å². The molecule has 0 saturated heterocycles. The number of halogens is 2. The van der Waals surface area contributed by atoms with E-state index in [0.29, 0.717) is 26.5 Å². The highest BCUT2D eigenvalue weighted by Crippen LogP contribution is 2.31. The first-order valence-electron chi connectivity index (χ1n) is 6.77. The molecule has 2 aromatic rings. The summed E-state index contributed by atoms with van der Waals surface area (Å²) in [5.74, 6) is 0.349. The summed E-state index contributed by atoms with van der Waals surface area (Å²) in [7, 11) is 0. The molecular formula is C16H10Cl2N2O3S. The van der Waals surface area contributed by atoms with E-state index >= 15 is 0 Å². The zero-order valence-electron chi connectivity index (χ0n) is 12.3. The summed E-state index contributed by atoms with van der Waals surface area (Å²) in [6, 6.07) is 8.58. The number of amidine groups is 1. The molecule has 2 heterocycles. The molecule has 24 heavy (non-hydrogen) atoms. The van der Waals surface area contributed by atoms with E-state index in [1.165, 1.54) is 6.92 Å². The molecule has 2 amide bonds. The molecule has 0 aliphatic carbocycles. The van der Waals surface area contributed by atoms with Crippen molar-refractivity contribution in [1.82, 2.24) is 5.32 Å². The van der Waals surface area contributed by atoms with E-state index in [9.17, 15) is 9.59 Å². The van der Waals surface area contributed by atoms with Gasteiger partial charge < -0.3 is 9.73 Å². The molecule has 0 atom stereocenters. The highest BCUT2D eigenvalue weighted by molar-refractivity contribution is 8.18. The largest absolute Gasteiger partial charge is 0.457 e. The minimum absolute atomic E-state index is 0.257. The number of carbonyl (C=O) groups is 2. The Morgan fingerprint density at radius 1 is 1.25 bits per heavy atom. The van der Waals surface area contributed by atoms with Crippen LogP contribution in [-0.4, -0.2) is 17.0 Å². The Morgan fingerprint density at radius 2 is 1.96 bits per heavy atom. The second-order valence-corrected chi connectivity index (χ2v) is 6.78. The van der Waals surface area contributed by atoms with Crippen LogP contribution in [0.25, 0.3) is 17.4 Å². The molecule has 0 saturated carbocycles. The third kappa shape index (κ3) is 3.90. The van der Waals surface area contributed by atoms with Crippen LogP contribution in [0.5, 0.6) is 0 Å². The van der Waals surface area contributed by atoms with E-state index in [4.69, 9.17) is 27.6 Å². The fourth-order valence-electron chi connectivity index (χ4n) is 2.02. The summed E-state index contributed by atoms with van der Waals surface area (Å²) in [4.78, 5) is 27.0. The van der Waals surface area contributed by atoms with Crippen molar-refractivity contribution in [1.29, 1.82) is 0 Å². The van der Waals surface area contributed by atoms with Crippen LogP contribution in [0.15, 0.2) is 44.6 Å². The van der Waals surface area contributed by atoms with Gasteiger partial charge in [0.1, 0.15) is 11.5 Å². The predicted molar refractivity (Wildman–Crippen MR) is 96.0 cm³/mol. The van der Waals surface area contributed by atoms with Gasteiger partial charge in [-0.2, -0.15) is 4.99 Å². The van der Waals surface area contributed by atoms with Gasteiger partial charge in [0.25, 0.3) is 5.91 Å². The second-order valence-electron chi connectivity index (χ2n) is 4.87. The van der Waals surface area contributed by atoms with E-state index in [1.54, 1.807) is 36.4 Å². The molecule has 0 fully saturated rings. The van der Waals surface area contributed by atoms with E-state index in [2.05, 4.69) is 10.3 Å². The molecule has 1 aliphatic heterocycles. The van der Waals surface area contributed by atoms with Gasteiger partial charge in [-0.05, 0) is 42.1 Å². The summed E-state index contributed by atoms with van der Waals surface area (Å²) in [6.45, 7) is 1.35. The molecule has 1 aromatic heterocycles. The lowest BCUT2D eigenvalue weighted by Gasteiger charge is -1.99. The Labute approximate surface area is 151 Å². The van der Waals surface area contributed by atoms with Gasteiger partial charge in [-0.15, -0.1) is 0 Å². The third-order valence-corrected chi connectivity index (χ3v) is 4.29. The van der Waals surface area contributed by atoms with Gasteiger partial charge in [-0.3, -0.25) is 9.59 Å². The maximum absolute atomic E-state index is 11.8. The van der Waals surface area contributed by atoms with E-state index in [1.807, 2.05) is 0 Å². The zero-order valence-corrected chi connectivity index (χ0v) is 14.6. The Hall–Kier alpha value is -2.02. The maximum Gasteiger partial charge on any atom is 0.286 e. The van der Waals surface area contributed by atoms with Gasteiger partial charge in [-0.25, -0.2) is 0 Å². The van der Waals surface area contributed by atoms with Crippen molar-refractivity contribution >= 4 is 58.0 Å². The molecular weight excluding hydrogens is 371 g/mol. The highest BCUT2D eigenvalue weighted by Gasteiger charge is 2.23. The van der Waals surface area contributed by atoms with Crippen LogP contribution in [0.3, 0.4) is 0 Å². The number of hydrogen-bond donors (Lipinski definition) is 1. The molecule has 0 unspecified atom stereocenters. The van der Waals surface area contributed by atoms with E-state index in [0.717, 1.165) is 17.3 Å². The summed E-state index contributed by atoms with van der Waals surface area (Å²) >= 11 is 13.0. The first-order valence-corrected chi connectivity index (χ1v) is 8.34. The number of furan rings is 1. The monoisotopic (exact) mass is 380 g/mol. The van der Waals surface area contributed by atoms with Crippen molar-refractivity contribution in [3.8, 4) is 11.3 Å². The molecule has 122 valence electrons. The quantitative estimate of drug-likeness (QED) is 0.785. The number of rotatable bonds is 2. The SMILES string of the molecule is CC(=O)NC1=NC(=O)/C(=C\c2ccc(-c3cc(Cl)cc(Cl)c3)o2)S1. The van der Waals surface area contributed by atoms with Crippen LogP contribution >= 0.6 is 35.0 Å². The summed E-state index contributed by atoms with van der Waals surface area (Å²) in [5.41, 5.74) is 0.734. The normalized spacial score (nSPS) is 15.7. The van der Waals surface area contributed by atoms with Crippen LogP contribution in [0.4, 0.5) is 0 Å². The Morgan fingerprint density at radius 3 is 2.62 bits per heavy atom. The number of carbonyl (C=O) groups excluding carboxylic acids is 2. The van der Waals surface area contributed by atoms with Gasteiger partial charge in [0.15, 0.2) is 5.17 Å². The summed E-state index contributed by atoms with van der Waals surface area (Å²) < 4.78 is 5.71. The average Bonchev–Trinajstić information content (AvgIpc) is 3.05. The van der Waals surface area contributed by atoms with Crippen LogP contribution in [0.1, 0.15) is 12.7 Å². The van der Waals surface area contributed by atoms with Crippen LogP contribution in [-0.2, 0) is 9.59 Å². The number of thioether (sulfide) groups is 1. The van der Waals surface area contributed by atoms with Crippen molar-refractivity contribution in [2.45, 2.75) is 6.92 Å². The number of aliphatic imine (C=N–C) groups is 1. The lowest BCUT2D eigenvalue weighted by atomic mass is 10.2. The van der Waals surface area contributed by atoms with Gasteiger partial charge in [0, 0.05) is 28.6 Å². The first-order chi connectivity index (χ1) is 11.4. The molecule has 3 rings (SSSR count). The van der Waals surface area contributed by atoms with Gasteiger partial charge >= 0.3 is 0 Å². The van der Waals surface area contributed by atoms with E-state index < -0.39 is 5.91 Å².